The standard InChI is InChI=1S/C13H18O2/c1-2-6-12(14)10-13(15)9-11-7-4-3-5-8-11/h2-5,7-8,12-15H,1,6,9-10H2/t12-,13+/m0/s1. The summed E-state index contributed by atoms with van der Waals surface area (Å²) in [7, 11) is 0. The van der Waals surface area contributed by atoms with E-state index in [9.17, 15) is 10.2 Å². The van der Waals surface area contributed by atoms with Crippen LogP contribution in [0, 0.1) is 0 Å². The van der Waals surface area contributed by atoms with E-state index in [4.69, 9.17) is 0 Å². The fourth-order valence-electron chi connectivity index (χ4n) is 1.57. The Hall–Kier alpha value is -1.12. The number of benzene rings is 1. The highest BCUT2D eigenvalue weighted by molar-refractivity contribution is 5.15. The molecule has 0 bridgehead atoms. The van der Waals surface area contributed by atoms with Gasteiger partial charge in [0.2, 0.25) is 0 Å². The van der Waals surface area contributed by atoms with E-state index in [1.165, 1.54) is 0 Å². The minimum atomic E-state index is -0.485. The molecule has 0 spiro atoms. The summed E-state index contributed by atoms with van der Waals surface area (Å²) in [6.45, 7) is 3.55. The minimum absolute atomic E-state index is 0.404. The largest absolute Gasteiger partial charge is 0.393 e. The molecule has 0 aromatic heterocycles. The molecule has 0 saturated carbocycles. The molecule has 2 nitrogen and oxygen atoms in total. The summed E-state index contributed by atoms with van der Waals surface area (Å²) in [5, 5.41) is 19.2. The summed E-state index contributed by atoms with van der Waals surface area (Å²) in [6.07, 6.45) is 2.23. The minimum Gasteiger partial charge on any atom is -0.393 e. The van der Waals surface area contributed by atoms with E-state index in [-0.39, 0.29) is 0 Å². The fourth-order valence-corrected chi connectivity index (χ4v) is 1.57. The molecule has 1 aromatic carbocycles. The normalized spacial score (nSPS) is 14.5. The van der Waals surface area contributed by atoms with Crippen LogP contribution in [0.4, 0.5) is 0 Å². The van der Waals surface area contributed by atoms with Crippen LogP contribution in [-0.2, 0) is 6.42 Å². The Morgan fingerprint density at radius 2 is 1.80 bits per heavy atom. The average Bonchev–Trinajstić information content (AvgIpc) is 2.19. The molecule has 0 aliphatic rings. The number of hydrogen-bond acceptors (Lipinski definition) is 2. The van der Waals surface area contributed by atoms with Crippen molar-refractivity contribution in [3.05, 3.63) is 48.6 Å². The second-order valence-electron chi connectivity index (χ2n) is 3.76. The quantitative estimate of drug-likeness (QED) is 0.698. The van der Waals surface area contributed by atoms with Crippen LogP contribution >= 0.6 is 0 Å². The topological polar surface area (TPSA) is 40.5 Å². The van der Waals surface area contributed by atoms with E-state index in [0.717, 1.165) is 5.56 Å². The molecule has 2 atom stereocenters. The fraction of sp³-hybridized carbons (Fsp3) is 0.385. The summed E-state index contributed by atoms with van der Waals surface area (Å²) in [6, 6.07) is 9.79. The Kier molecular flexibility index (Phi) is 5.08. The number of rotatable bonds is 6. The zero-order chi connectivity index (χ0) is 11.1. The van der Waals surface area contributed by atoms with E-state index in [1.54, 1.807) is 6.08 Å². The van der Waals surface area contributed by atoms with Crippen LogP contribution in [0.25, 0.3) is 0 Å². The lowest BCUT2D eigenvalue weighted by atomic mass is 10.0. The van der Waals surface area contributed by atoms with Crippen LogP contribution in [0.3, 0.4) is 0 Å². The van der Waals surface area contributed by atoms with Crippen molar-refractivity contribution in [2.75, 3.05) is 0 Å². The van der Waals surface area contributed by atoms with Gasteiger partial charge in [-0.1, -0.05) is 36.4 Å². The Bertz CT molecular complexity index is 282. The number of aliphatic hydroxyl groups excluding tert-OH is 2. The first-order valence-electron chi connectivity index (χ1n) is 5.23. The van der Waals surface area contributed by atoms with Crippen LogP contribution in [0.1, 0.15) is 18.4 Å². The third kappa shape index (κ3) is 4.77. The van der Waals surface area contributed by atoms with Gasteiger partial charge < -0.3 is 10.2 Å². The van der Waals surface area contributed by atoms with Crippen molar-refractivity contribution in [3.8, 4) is 0 Å². The van der Waals surface area contributed by atoms with Gasteiger partial charge in [-0.15, -0.1) is 6.58 Å². The van der Waals surface area contributed by atoms with Crippen LogP contribution in [0.15, 0.2) is 43.0 Å². The third-order valence-corrected chi connectivity index (χ3v) is 2.30. The summed E-state index contributed by atoms with van der Waals surface area (Å²) in [5.74, 6) is 0. The zero-order valence-electron chi connectivity index (χ0n) is 8.84. The van der Waals surface area contributed by atoms with Crippen molar-refractivity contribution >= 4 is 0 Å². The van der Waals surface area contributed by atoms with E-state index in [0.29, 0.717) is 19.3 Å². The van der Waals surface area contributed by atoms with Gasteiger partial charge in [0.05, 0.1) is 12.2 Å². The molecule has 0 fully saturated rings. The molecular weight excluding hydrogens is 188 g/mol. The highest BCUT2D eigenvalue weighted by Gasteiger charge is 2.10. The maximum Gasteiger partial charge on any atom is 0.0605 e. The first-order chi connectivity index (χ1) is 7.22. The SMILES string of the molecule is C=CC[C@H](O)C[C@H](O)Cc1ccccc1. The van der Waals surface area contributed by atoms with Crippen molar-refractivity contribution in [2.24, 2.45) is 0 Å². The highest BCUT2D eigenvalue weighted by Crippen LogP contribution is 2.09. The molecule has 15 heavy (non-hydrogen) atoms. The summed E-state index contributed by atoms with van der Waals surface area (Å²) in [5.41, 5.74) is 1.09. The number of aliphatic hydroxyl groups is 2. The highest BCUT2D eigenvalue weighted by atomic mass is 16.3. The van der Waals surface area contributed by atoms with Gasteiger partial charge in [-0.2, -0.15) is 0 Å². The van der Waals surface area contributed by atoms with Gasteiger partial charge in [0, 0.05) is 0 Å². The monoisotopic (exact) mass is 206 g/mol. The van der Waals surface area contributed by atoms with Gasteiger partial charge in [-0.05, 0) is 24.8 Å². The smallest absolute Gasteiger partial charge is 0.0605 e. The van der Waals surface area contributed by atoms with Gasteiger partial charge in [-0.25, -0.2) is 0 Å². The lowest BCUT2D eigenvalue weighted by Gasteiger charge is -2.14. The summed E-state index contributed by atoms with van der Waals surface area (Å²) in [4.78, 5) is 0. The van der Waals surface area contributed by atoms with Crippen LogP contribution < -0.4 is 0 Å². The third-order valence-electron chi connectivity index (χ3n) is 2.30. The van der Waals surface area contributed by atoms with E-state index in [1.807, 2.05) is 30.3 Å². The predicted octanol–water partition coefficient (Wildman–Crippen LogP) is 1.92. The second kappa shape index (κ2) is 6.38. The Morgan fingerprint density at radius 1 is 1.13 bits per heavy atom. The molecular formula is C13H18O2. The molecule has 0 saturated heterocycles. The van der Waals surface area contributed by atoms with Gasteiger partial charge in [0.1, 0.15) is 0 Å². The Balaban J connectivity index is 2.36. The van der Waals surface area contributed by atoms with E-state index >= 15 is 0 Å². The van der Waals surface area contributed by atoms with Crippen molar-refractivity contribution < 1.29 is 10.2 Å². The van der Waals surface area contributed by atoms with Gasteiger partial charge in [-0.3, -0.25) is 0 Å². The molecule has 0 amide bonds. The van der Waals surface area contributed by atoms with Crippen molar-refractivity contribution in [1.82, 2.24) is 0 Å². The molecule has 2 heteroatoms. The Labute approximate surface area is 90.9 Å². The molecule has 0 unspecified atom stereocenters. The second-order valence-corrected chi connectivity index (χ2v) is 3.76. The van der Waals surface area contributed by atoms with E-state index < -0.39 is 12.2 Å². The van der Waals surface area contributed by atoms with Crippen LogP contribution in [0.2, 0.25) is 0 Å². The zero-order valence-corrected chi connectivity index (χ0v) is 8.84. The molecule has 1 aromatic rings. The van der Waals surface area contributed by atoms with Gasteiger partial charge >= 0.3 is 0 Å². The van der Waals surface area contributed by atoms with Crippen molar-refractivity contribution in [3.63, 3.8) is 0 Å². The maximum absolute atomic E-state index is 9.71. The molecule has 1 rings (SSSR count). The average molecular weight is 206 g/mol. The molecule has 82 valence electrons. The molecule has 2 N–H and O–H groups in total. The molecule has 0 radical (unpaired) electrons. The lowest BCUT2D eigenvalue weighted by molar-refractivity contribution is 0.0825. The van der Waals surface area contributed by atoms with E-state index in [2.05, 4.69) is 6.58 Å². The van der Waals surface area contributed by atoms with Gasteiger partial charge in [0.25, 0.3) is 0 Å². The molecule has 0 aliphatic carbocycles. The van der Waals surface area contributed by atoms with Crippen LogP contribution in [0.5, 0.6) is 0 Å². The first kappa shape index (κ1) is 12.0. The predicted molar refractivity (Wildman–Crippen MR) is 61.6 cm³/mol. The maximum atomic E-state index is 9.71. The summed E-state index contributed by atoms with van der Waals surface area (Å²) < 4.78 is 0. The van der Waals surface area contributed by atoms with Crippen molar-refractivity contribution in [1.29, 1.82) is 0 Å². The molecule has 0 heterocycles. The lowest BCUT2D eigenvalue weighted by Crippen LogP contribution is -2.19. The number of hydrogen-bond donors (Lipinski definition) is 2. The Morgan fingerprint density at radius 3 is 2.40 bits per heavy atom. The molecule has 0 aliphatic heterocycles. The van der Waals surface area contributed by atoms with Crippen LogP contribution in [-0.4, -0.2) is 22.4 Å². The van der Waals surface area contributed by atoms with Crippen molar-refractivity contribution in [2.45, 2.75) is 31.5 Å². The summed E-state index contributed by atoms with van der Waals surface area (Å²) >= 11 is 0. The van der Waals surface area contributed by atoms with Gasteiger partial charge in [0.15, 0.2) is 0 Å². The first-order valence-corrected chi connectivity index (χ1v) is 5.23.